The number of rotatable bonds is 7. The van der Waals surface area contributed by atoms with Crippen molar-refractivity contribution in [3.05, 3.63) is 57.6 Å². The van der Waals surface area contributed by atoms with Crippen molar-refractivity contribution in [1.29, 1.82) is 0 Å². The molecule has 3 aliphatic heterocycles. The van der Waals surface area contributed by atoms with Crippen molar-refractivity contribution < 1.29 is 31.2 Å². The van der Waals surface area contributed by atoms with E-state index in [1.807, 2.05) is 4.90 Å². The number of benzene rings is 2. The van der Waals surface area contributed by atoms with Crippen molar-refractivity contribution in [2.24, 2.45) is 5.92 Å². The Bertz CT molecular complexity index is 1470. The summed E-state index contributed by atoms with van der Waals surface area (Å²) in [6.45, 7) is 1.26. The zero-order valence-electron chi connectivity index (χ0n) is 24.3. The van der Waals surface area contributed by atoms with E-state index in [0.717, 1.165) is 11.1 Å². The van der Waals surface area contributed by atoms with E-state index in [0.29, 0.717) is 66.5 Å². The fourth-order valence-electron chi connectivity index (χ4n) is 6.36. The molecule has 8 nitrogen and oxygen atoms in total. The summed E-state index contributed by atoms with van der Waals surface area (Å²) in [4.78, 5) is 31.0. The molecule has 5 rings (SSSR count). The highest BCUT2D eigenvalue weighted by Gasteiger charge is 2.38. The molecule has 0 unspecified atom stereocenters. The van der Waals surface area contributed by atoms with Crippen molar-refractivity contribution >= 4 is 45.0 Å². The lowest BCUT2D eigenvalue weighted by atomic mass is 9.95. The highest BCUT2D eigenvalue weighted by molar-refractivity contribution is 7.88. The Morgan fingerprint density at radius 2 is 1.48 bits per heavy atom. The molecule has 2 aromatic rings. The first-order valence-electron chi connectivity index (χ1n) is 14.6. The zero-order chi connectivity index (χ0) is 31.8. The second kappa shape index (κ2) is 13.2. The maximum Gasteiger partial charge on any atom is 0.401 e. The van der Waals surface area contributed by atoms with Gasteiger partial charge in [0.2, 0.25) is 15.9 Å². The summed E-state index contributed by atoms with van der Waals surface area (Å²) in [5.74, 6) is -0.448. The Labute approximate surface area is 265 Å². The van der Waals surface area contributed by atoms with Gasteiger partial charge in [-0.05, 0) is 66.6 Å². The Hall–Kier alpha value is -2.38. The maximum absolute atomic E-state index is 13.3. The summed E-state index contributed by atoms with van der Waals surface area (Å²) in [5.41, 5.74) is 2.68. The van der Waals surface area contributed by atoms with Gasteiger partial charge in [-0.1, -0.05) is 35.3 Å². The van der Waals surface area contributed by atoms with Crippen LogP contribution < -0.4 is 0 Å². The first kappa shape index (κ1) is 33.0. The van der Waals surface area contributed by atoms with Crippen LogP contribution in [0, 0.1) is 5.92 Å². The zero-order valence-corrected chi connectivity index (χ0v) is 26.7. The number of carbonyl (C=O) groups excluding carboxylic acids is 2. The first-order valence-corrected chi connectivity index (χ1v) is 17.2. The lowest BCUT2D eigenvalue weighted by molar-refractivity contribution is -0.148. The summed E-state index contributed by atoms with van der Waals surface area (Å²) >= 11 is 13.4. The predicted molar refractivity (Wildman–Crippen MR) is 163 cm³/mol. The normalized spacial score (nSPS) is 21.3. The van der Waals surface area contributed by atoms with Crippen LogP contribution in [-0.4, -0.2) is 110 Å². The minimum atomic E-state index is -4.26. The van der Waals surface area contributed by atoms with Gasteiger partial charge in [-0.25, -0.2) is 12.7 Å². The van der Waals surface area contributed by atoms with Crippen LogP contribution in [0.15, 0.2) is 36.4 Å². The van der Waals surface area contributed by atoms with Gasteiger partial charge >= 0.3 is 6.18 Å². The second-order valence-electron chi connectivity index (χ2n) is 11.8. The number of piperazine rings is 1. The van der Waals surface area contributed by atoms with E-state index in [2.05, 4.69) is 0 Å². The quantitative estimate of drug-likeness (QED) is 0.422. The van der Waals surface area contributed by atoms with E-state index in [1.165, 1.54) is 15.5 Å². The van der Waals surface area contributed by atoms with Crippen LogP contribution in [0.1, 0.15) is 35.2 Å². The average Bonchev–Trinajstić information content (AvgIpc) is 3.33. The SMILES string of the molecule is CS(=O)(=O)N1CCC(N2CC[C@@H](Cc3c(Cl)cc(-c4ccc(C(=O)N5CCN(CC(F)(F)F)CC5)cc4)cc3Cl)C2=O)CC1. The van der Waals surface area contributed by atoms with Crippen LogP contribution >= 0.6 is 23.2 Å². The van der Waals surface area contributed by atoms with Gasteiger partial charge in [0.15, 0.2) is 0 Å². The number of nitrogens with zero attached hydrogens (tertiary/aromatic N) is 4. The van der Waals surface area contributed by atoms with Crippen LogP contribution in [0.4, 0.5) is 13.2 Å². The molecule has 0 radical (unpaired) electrons. The van der Waals surface area contributed by atoms with Gasteiger partial charge in [0, 0.05) is 73.4 Å². The van der Waals surface area contributed by atoms with E-state index in [-0.39, 0.29) is 50.0 Å². The third-order valence-corrected chi connectivity index (χ3v) is 10.8. The summed E-state index contributed by atoms with van der Waals surface area (Å²) in [7, 11) is -3.23. The number of sulfonamides is 1. The minimum absolute atomic E-state index is 0.0210. The van der Waals surface area contributed by atoms with Gasteiger partial charge in [0.25, 0.3) is 5.91 Å². The highest BCUT2D eigenvalue weighted by atomic mass is 35.5. The predicted octanol–water partition coefficient (Wildman–Crippen LogP) is 4.80. The van der Waals surface area contributed by atoms with Gasteiger partial charge in [-0.3, -0.25) is 14.5 Å². The number of hydrogen-bond donors (Lipinski definition) is 0. The monoisotopic (exact) mass is 674 g/mol. The van der Waals surface area contributed by atoms with E-state index >= 15 is 0 Å². The number of amides is 2. The summed E-state index contributed by atoms with van der Waals surface area (Å²) < 4.78 is 63.1. The van der Waals surface area contributed by atoms with E-state index in [1.54, 1.807) is 41.3 Å². The molecule has 0 aliphatic carbocycles. The molecule has 3 aliphatic rings. The van der Waals surface area contributed by atoms with Crippen molar-refractivity contribution in [3.8, 4) is 11.1 Å². The molecule has 3 saturated heterocycles. The van der Waals surface area contributed by atoms with Crippen LogP contribution in [0.2, 0.25) is 10.0 Å². The lowest BCUT2D eigenvalue weighted by Gasteiger charge is -2.35. The molecule has 2 aromatic carbocycles. The molecule has 2 amide bonds. The molecule has 14 heteroatoms. The number of hydrogen-bond acceptors (Lipinski definition) is 5. The van der Waals surface area contributed by atoms with E-state index < -0.39 is 22.7 Å². The third kappa shape index (κ3) is 7.70. The Morgan fingerprint density at radius 3 is 2.02 bits per heavy atom. The van der Waals surface area contributed by atoms with Crippen molar-refractivity contribution in [2.45, 2.75) is 37.9 Å². The van der Waals surface area contributed by atoms with E-state index in [4.69, 9.17) is 23.2 Å². The standard InChI is InChI=1S/C30H35Cl2F3N4O4S/c1-44(42,43)38-9-7-24(8-10-38)39-11-6-22(29(39)41)16-25-26(31)17-23(18-27(25)32)20-2-4-21(5-3-20)28(40)37-14-12-36(13-15-37)19-30(33,34)35/h2-5,17-18,22,24H,6-16,19H2,1H3/t22-/m0/s1. The number of alkyl halides is 3. The number of piperidine rings is 1. The highest BCUT2D eigenvalue weighted by Crippen LogP contribution is 2.36. The molecule has 0 spiro atoms. The second-order valence-corrected chi connectivity index (χ2v) is 14.6. The summed E-state index contributed by atoms with van der Waals surface area (Å²) in [6, 6.07) is 10.5. The van der Waals surface area contributed by atoms with Crippen LogP contribution in [-0.2, 0) is 21.2 Å². The van der Waals surface area contributed by atoms with Gasteiger partial charge in [0.1, 0.15) is 0 Å². The molecule has 240 valence electrons. The molecule has 3 heterocycles. The van der Waals surface area contributed by atoms with Crippen molar-refractivity contribution in [3.63, 3.8) is 0 Å². The molecule has 0 saturated carbocycles. The van der Waals surface area contributed by atoms with Gasteiger partial charge in [-0.2, -0.15) is 13.2 Å². The summed E-state index contributed by atoms with van der Waals surface area (Å²) in [5, 5.41) is 0.884. The van der Waals surface area contributed by atoms with Crippen molar-refractivity contribution in [1.82, 2.24) is 19.0 Å². The Morgan fingerprint density at radius 1 is 0.886 bits per heavy atom. The maximum atomic E-state index is 13.3. The van der Waals surface area contributed by atoms with E-state index in [9.17, 15) is 31.2 Å². The minimum Gasteiger partial charge on any atom is -0.339 e. The molecule has 0 N–H and O–H groups in total. The fourth-order valence-corrected chi connectivity index (χ4v) is 7.88. The molecule has 3 fully saturated rings. The molecular formula is C30H35Cl2F3N4O4S. The van der Waals surface area contributed by atoms with Gasteiger partial charge in [0.05, 0.1) is 12.8 Å². The molecule has 0 bridgehead atoms. The molecule has 44 heavy (non-hydrogen) atoms. The van der Waals surface area contributed by atoms with Crippen LogP contribution in [0.25, 0.3) is 11.1 Å². The molecule has 1 atom stereocenters. The summed E-state index contributed by atoms with van der Waals surface area (Å²) in [6.07, 6.45) is -0.748. The first-order chi connectivity index (χ1) is 20.7. The third-order valence-electron chi connectivity index (χ3n) is 8.80. The number of halogens is 5. The largest absolute Gasteiger partial charge is 0.401 e. The van der Waals surface area contributed by atoms with Crippen LogP contribution in [0.5, 0.6) is 0 Å². The Kier molecular flexibility index (Phi) is 9.87. The lowest BCUT2D eigenvalue weighted by Crippen LogP contribution is -2.50. The fraction of sp³-hybridized carbons (Fsp3) is 0.533. The smallest absolute Gasteiger partial charge is 0.339 e. The number of carbonyl (C=O) groups is 2. The topological polar surface area (TPSA) is 81.2 Å². The van der Waals surface area contributed by atoms with Crippen LogP contribution in [0.3, 0.4) is 0 Å². The van der Waals surface area contributed by atoms with Crippen molar-refractivity contribution in [2.75, 3.05) is 58.6 Å². The Balaban J connectivity index is 1.19. The molecular weight excluding hydrogens is 640 g/mol. The van der Waals surface area contributed by atoms with Gasteiger partial charge in [-0.15, -0.1) is 0 Å². The molecule has 0 aromatic heterocycles. The van der Waals surface area contributed by atoms with Gasteiger partial charge < -0.3 is 9.80 Å². The average molecular weight is 676 g/mol. The number of likely N-dealkylation sites (tertiary alicyclic amines) is 1.